The summed E-state index contributed by atoms with van der Waals surface area (Å²) in [7, 11) is 1.63. The highest BCUT2D eigenvalue weighted by Crippen LogP contribution is 2.15. The van der Waals surface area contributed by atoms with E-state index in [0.717, 1.165) is 24.2 Å². The summed E-state index contributed by atoms with van der Waals surface area (Å²) in [5.41, 5.74) is 2.95. The molecule has 6 heteroatoms. The van der Waals surface area contributed by atoms with Crippen LogP contribution in [0.3, 0.4) is 0 Å². The van der Waals surface area contributed by atoms with E-state index >= 15 is 0 Å². The molecule has 0 N–H and O–H groups in total. The zero-order chi connectivity index (χ0) is 23.6. The number of methoxy groups -OCH3 is 1. The zero-order valence-electron chi connectivity index (χ0n) is 19.7. The lowest BCUT2D eigenvalue weighted by atomic mass is 10.0. The normalized spacial score (nSPS) is 14.0. The van der Waals surface area contributed by atoms with E-state index in [0.29, 0.717) is 44.6 Å². The third-order valence-corrected chi connectivity index (χ3v) is 6.24. The fraction of sp³-hybridized carbons (Fsp3) is 0.444. The Morgan fingerprint density at radius 3 is 1.91 bits per heavy atom. The van der Waals surface area contributed by atoms with Crippen molar-refractivity contribution in [3.63, 3.8) is 0 Å². The van der Waals surface area contributed by atoms with Crippen LogP contribution < -0.4 is 4.74 Å². The first-order valence-electron chi connectivity index (χ1n) is 11.8. The fourth-order valence-electron chi connectivity index (χ4n) is 4.07. The van der Waals surface area contributed by atoms with Gasteiger partial charge in [0.2, 0.25) is 11.8 Å². The fourth-order valence-corrected chi connectivity index (χ4v) is 4.07. The summed E-state index contributed by atoms with van der Waals surface area (Å²) in [6, 6.07) is 15.4. The highest BCUT2D eigenvalue weighted by molar-refractivity contribution is 5.98. The molecular formula is C27H34N2O4. The van der Waals surface area contributed by atoms with Gasteiger partial charge in [-0.05, 0) is 42.5 Å². The van der Waals surface area contributed by atoms with Crippen LogP contribution in [-0.4, -0.2) is 60.7 Å². The topological polar surface area (TPSA) is 66.9 Å². The van der Waals surface area contributed by atoms with Crippen molar-refractivity contribution >= 4 is 17.6 Å². The van der Waals surface area contributed by atoms with E-state index in [1.54, 1.807) is 12.0 Å². The van der Waals surface area contributed by atoms with Gasteiger partial charge in [0.1, 0.15) is 5.75 Å². The summed E-state index contributed by atoms with van der Waals surface area (Å²) in [5.74, 6) is 0.904. The lowest BCUT2D eigenvalue weighted by Crippen LogP contribution is -2.37. The van der Waals surface area contributed by atoms with Gasteiger partial charge in [0, 0.05) is 51.0 Å². The van der Waals surface area contributed by atoms with Crippen molar-refractivity contribution in [2.24, 2.45) is 0 Å². The summed E-state index contributed by atoms with van der Waals surface area (Å²) < 4.78 is 5.17. The Morgan fingerprint density at radius 2 is 1.33 bits per heavy atom. The lowest BCUT2D eigenvalue weighted by Gasteiger charge is -2.22. The predicted molar refractivity (Wildman–Crippen MR) is 128 cm³/mol. The van der Waals surface area contributed by atoms with Gasteiger partial charge in [0.25, 0.3) is 0 Å². The number of nitrogens with zero attached hydrogens (tertiary/aromatic N) is 2. The highest BCUT2D eigenvalue weighted by atomic mass is 16.5. The number of rotatable bonds is 9. The zero-order valence-corrected chi connectivity index (χ0v) is 19.7. The summed E-state index contributed by atoms with van der Waals surface area (Å²) in [4.78, 5) is 41.5. The van der Waals surface area contributed by atoms with Gasteiger partial charge in [-0.15, -0.1) is 0 Å². The van der Waals surface area contributed by atoms with Crippen molar-refractivity contribution in [3.05, 3.63) is 65.2 Å². The molecule has 176 valence electrons. The molecule has 3 rings (SSSR count). The minimum atomic E-state index is -0.0129. The van der Waals surface area contributed by atoms with Crippen molar-refractivity contribution in [2.75, 3.05) is 33.3 Å². The summed E-state index contributed by atoms with van der Waals surface area (Å²) in [6.45, 7) is 4.42. The Morgan fingerprint density at radius 1 is 0.758 bits per heavy atom. The second-order valence-electron chi connectivity index (χ2n) is 8.44. The molecule has 33 heavy (non-hydrogen) atoms. The van der Waals surface area contributed by atoms with Gasteiger partial charge in [-0.3, -0.25) is 14.4 Å². The molecule has 0 bridgehead atoms. The third kappa shape index (κ3) is 7.17. The highest BCUT2D eigenvalue weighted by Gasteiger charge is 2.22. The number of aryl methyl sites for hydroxylation is 2. The molecule has 1 aliphatic rings. The van der Waals surface area contributed by atoms with E-state index in [2.05, 4.69) is 6.92 Å². The Balaban J connectivity index is 1.42. The standard InChI is InChI=1S/C27H34N2O4/c1-3-21-5-10-23(11-6-21)25(30)14-16-27(32)29-18-4-17-28(19-20-29)26(31)15-9-22-7-12-24(33-2)13-8-22/h5-8,10-13H,3-4,9,14-20H2,1-2H3. The number of hydrogen-bond acceptors (Lipinski definition) is 4. The average molecular weight is 451 g/mol. The second kappa shape index (κ2) is 12.2. The number of amides is 2. The molecular weight excluding hydrogens is 416 g/mol. The molecule has 0 aromatic heterocycles. The molecule has 0 radical (unpaired) electrons. The molecule has 1 saturated heterocycles. The molecule has 1 heterocycles. The van der Waals surface area contributed by atoms with Crippen LogP contribution in [0.15, 0.2) is 48.5 Å². The van der Waals surface area contributed by atoms with Crippen molar-refractivity contribution in [1.29, 1.82) is 0 Å². The van der Waals surface area contributed by atoms with Crippen LogP contribution in [0.5, 0.6) is 5.75 Å². The molecule has 1 aliphatic heterocycles. The monoisotopic (exact) mass is 450 g/mol. The molecule has 2 aromatic rings. The van der Waals surface area contributed by atoms with Crippen LogP contribution >= 0.6 is 0 Å². The number of hydrogen-bond donors (Lipinski definition) is 0. The minimum absolute atomic E-state index is 0.00355. The van der Waals surface area contributed by atoms with E-state index in [4.69, 9.17) is 4.74 Å². The van der Waals surface area contributed by atoms with Gasteiger partial charge >= 0.3 is 0 Å². The van der Waals surface area contributed by atoms with Crippen LogP contribution in [-0.2, 0) is 22.4 Å². The number of benzene rings is 2. The SMILES string of the molecule is CCc1ccc(C(=O)CCC(=O)N2CCCN(C(=O)CCc3ccc(OC)cc3)CC2)cc1. The van der Waals surface area contributed by atoms with Gasteiger partial charge in [0.05, 0.1) is 7.11 Å². The average Bonchev–Trinajstić information content (AvgIpc) is 3.12. The van der Waals surface area contributed by atoms with Crippen LogP contribution in [0.1, 0.15) is 54.1 Å². The van der Waals surface area contributed by atoms with Crippen molar-refractivity contribution < 1.29 is 19.1 Å². The van der Waals surface area contributed by atoms with Crippen molar-refractivity contribution in [1.82, 2.24) is 9.80 Å². The van der Waals surface area contributed by atoms with E-state index in [-0.39, 0.29) is 30.4 Å². The number of carbonyl (C=O) groups is 3. The number of Topliss-reactive ketones (excluding diaryl/α,β-unsaturated/α-hetero) is 1. The molecule has 0 atom stereocenters. The molecule has 2 amide bonds. The third-order valence-electron chi connectivity index (χ3n) is 6.24. The maximum absolute atomic E-state index is 12.7. The molecule has 1 fully saturated rings. The Kier molecular flexibility index (Phi) is 9.04. The summed E-state index contributed by atoms with van der Waals surface area (Å²) in [6.07, 6.45) is 3.25. The van der Waals surface area contributed by atoms with Crippen molar-refractivity contribution in [3.8, 4) is 5.75 Å². The first-order valence-corrected chi connectivity index (χ1v) is 11.8. The Hall–Kier alpha value is -3.15. The van der Waals surface area contributed by atoms with Crippen LogP contribution in [0.25, 0.3) is 0 Å². The molecule has 0 aliphatic carbocycles. The van der Waals surface area contributed by atoms with E-state index in [9.17, 15) is 14.4 Å². The van der Waals surface area contributed by atoms with Crippen molar-refractivity contribution in [2.45, 2.75) is 45.4 Å². The molecule has 6 nitrogen and oxygen atoms in total. The number of ketones is 1. The van der Waals surface area contributed by atoms with Gasteiger partial charge in [0.15, 0.2) is 5.78 Å². The molecule has 2 aromatic carbocycles. The van der Waals surface area contributed by atoms with Crippen LogP contribution in [0.2, 0.25) is 0 Å². The smallest absolute Gasteiger partial charge is 0.223 e. The van der Waals surface area contributed by atoms with Crippen LogP contribution in [0, 0.1) is 0 Å². The lowest BCUT2D eigenvalue weighted by molar-refractivity contribution is -0.133. The summed E-state index contributed by atoms with van der Waals surface area (Å²) >= 11 is 0. The summed E-state index contributed by atoms with van der Waals surface area (Å²) in [5, 5.41) is 0. The largest absolute Gasteiger partial charge is 0.497 e. The van der Waals surface area contributed by atoms with Crippen LogP contribution in [0.4, 0.5) is 0 Å². The molecule has 0 unspecified atom stereocenters. The van der Waals surface area contributed by atoms with E-state index in [1.807, 2.05) is 53.4 Å². The maximum atomic E-state index is 12.7. The van der Waals surface area contributed by atoms with Gasteiger partial charge < -0.3 is 14.5 Å². The van der Waals surface area contributed by atoms with Gasteiger partial charge in [-0.2, -0.15) is 0 Å². The van der Waals surface area contributed by atoms with Gasteiger partial charge in [-0.25, -0.2) is 0 Å². The predicted octanol–water partition coefficient (Wildman–Crippen LogP) is 3.91. The first-order chi connectivity index (χ1) is 16.0. The van der Waals surface area contributed by atoms with E-state index in [1.165, 1.54) is 5.56 Å². The quantitative estimate of drug-likeness (QED) is 0.543. The Bertz CT molecular complexity index is 938. The first kappa shape index (κ1) is 24.5. The maximum Gasteiger partial charge on any atom is 0.223 e. The minimum Gasteiger partial charge on any atom is -0.497 e. The number of carbonyl (C=O) groups excluding carboxylic acids is 3. The molecule has 0 saturated carbocycles. The Labute approximate surface area is 196 Å². The molecule has 0 spiro atoms. The second-order valence-corrected chi connectivity index (χ2v) is 8.44. The van der Waals surface area contributed by atoms with E-state index < -0.39 is 0 Å². The number of ether oxygens (including phenoxy) is 1. The van der Waals surface area contributed by atoms with Gasteiger partial charge in [-0.1, -0.05) is 43.3 Å².